The van der Waals surface area contributed by atoms with Gasteiger partial charge in [0.25, 0.3) is 11.8 Å². The summed E-state index contributed by atoms with van der Waals surface area (Å²) in [5.74, 6) is 0.0375. The van der Waals surface area contributed by atoms with Crippen molar-refractivity contribution in [3.63, 3.8) is 0 Å². The molecular formula is C24H21N3O3. The summed E-state index contributed by atoms with van der Waals surface area (Å²) in [4.78, 5) is 24.3. The molecule has 3 rings (SSSR count). The van der Waals surface area contributed by atoms with Gasteiger partial charge in [0.2, 0.25) is 0 Å². The molecule has 0 aliphatic heterocycles. The highest BCUT2D eigenvalue weighted by atomic mass is 16.5. The monoisotopic (exact) mass is 399 g/mol. The molecule has 0 saturated carbocycles. The Balaban J connectivity index is 1.48. The first-order valence-electron chi connectivity index (χ1n) is 9.40. The van der Waals surface area contributed by atoms with Crippen LogP contribution in [0.1, 0.15) is 21.5 Å². The number of amides is 2. The van der Waals surface area contributed by atoms with Gasteiger partial charge in [-0.3, -0.25) is 9.59 Å². The summed E-state index contributed by atoms with van der Waals surface area (Å²) in [6.45, 7) is 1.79. The molecule has 0 fully saturated rings. The van der Waals surface area contributed by atoms with E-state index in [9.17, 15) is 9.59 Å². The first-order chi connectivity index (χ1) is 14.5. The van der Waals surface area contributed by atoms with Crippen LogP contribution in [-0.4, -0.2) is 18.4 Å². The Morgan fingerprint density at radius 3 is 2.27 bits per heavy atom. The first kappa shape index (κ1) is 20.6. The van der Waals surface area contributed by atoms with E-state index in [1.165, 1.54) is 0 Å². The maximum absolute atomic E-state index is 12.3. The summed E-state index contributed by atoms with van der Waals surface area (Å²) in [7, 11) is 0. The second kappa shape index (κ2) is 9.89. The Morgan fingerprint density at radius 2 is 1.60 bits per heavy atom. The van der Waals surface area contributed by atoms with Crippen molar-refractivity contribution in [2.75, 3.05) is 17.2 Å². The third-order valence-corrected chi connectivity index (χ3v) is 4.28. The van der Waals surface area contributed by atoms with Crippen molar-refractivity contribution in [1.29, 1.82) is 5.26 Å². The van der Waals surface area contributed by atoms with E-state index in [1.807, 2.05) is 25.1 Å². The highest BCUT2D eigenvalue weighted by Crippen LogP contribution is 2.17. The second-order valence-corrected chi connectivity index (χ2v) is 6.72. The molecule has 0 saturated heterocycles. The minimum absolute atomic E-state index is 0.144. The van der Waals surface area contributed by atoms with Crippen LogP contribution >= 0.6 is 0 Å². The van der Waals surface area contributed by atoms with Crippen molar-refractivity contribution < 1.29 is 14.3 Å². The highest BCUT2D eigenvalue weighted by molar-refractivity contribution is 6.04. The summed E-state index contributed by atoms with van der Waals surface area (Å²) in [5.41, 5.74) is 3.77. The number of ether oxygens (including phenoxy) is 1. The molecule has 150 valence electrons. The molecule has 0 heterocycles. The number of hydrogen-bond acceptors (Lipinski definition) is 4. The molecule has 0 atom stereocenters. The van der Waals surface area contributed by atoms with Gasteiger partial charge in [0.1, 0.15) is 5.75 Å². The third kappa shape index (κ3) is 5.94. The lowest BCUT2D eigenvalue weighted by molar-refractivity contribution is -0.118. The van der Waals surface area contributed by atoms with Crippen molar-refractivity contribution in [3.8, 4) is 11.8 Å². The molecule has 0 bridgehead atoms. The van der Waals surface area contributed by atoms with Crippen LogP contribution in [0.2, 0.25) is 0 Å². The van der Waals surface area contributed by atoms with E-state index in [0.717, 1.165) is 11.1 Å². The third-order valence-electron chi connectivity index (χ3n) is 4.28. The number of carbonyl (C=O) groups excluding carboxylic acids is 2. The molecule has 3 aromatic carbocycles. The van der Waals surface area contributed by atoms with Crippen LogP contribution in [0, 0.1) is 18.3 Å². The van der Waals surface area contributed by atoms with Crippen molar-refractivity contribution in [3.05, 3.63) is 89.5 Å². The molecule has 0 aliphatic rings. The fraction of sp³-hybridized carbons (Fsp3) is 0.125. The minimum Gasteiger partial charge on any atom is -0.484 e. The molecular weight excluding hydrogens is 378 g/mol. The van der Waals surface area contributed by atoms with Crippen molar-refractivity contribution in [1.82, 2.24) is 0 Å². The van der Waals surface area contributed by atoms with Crippen LogP contribution in [0.3, 0.4) is 0 Å². The van der Waals surface area contributed by atoms with Gasteiger partial charge in [0.15, 0.2) is 6.61 Å². The average molecular weight is 399 g/mol. The van der Waals surface area contributed by atoms with Gasteiger partial charge in [-0.05, 0) is 61.0 Å². The zero-order valence-electron chi connectivity index (χ0n) is 16.5. The van der Waals surface area contributed by atoms with Crippen LogP contribution in [0.4, 0.5) is 11.4 Å². The summed E-state index contributed by atoms with van der Waals surface area (Å²) in [5, 5.41) is 14.2. The molecule has 0 radical (unpaired) electrons. The SMILES string of the molecule is Cc1cccc(C(=O)Nc2ccc(OCC(=O)Nc3ccc(CC#N)cc3)cc2)c1. The van der Waals surface area contributed by atoms with Gasteiger partial charge in [0, 0.05) is 16.9 Å². The van der Waals surface area contributed by atoms with Gasteiger partial charge in [-0.1, -0.05) is 29.8 Å². The van der Waals surface area contributed by atoms with Crippen LogP contribution in [0.25, 0.3) is 0 Å². The number of nitrogens with zero attached hydrogens (tertiary/aromatic N) is 1. The number of benzene rings is 3. The fourth-order valence-electron chi connectivity index (χ4n) is 2.77. The lowest BCUT2D eigenvalue weighted by Crippen LogP contribution is -2.20. The van der Waals surface area contributed by atoms with Crippen LogP contribution in [0.15, 0.2) is 72.8 Å². The maximum Gasteiger partial charge on any atom is 0.262 e. The molecule has 0 aliphatic carbocycles. The standard InChI is InChI=1S/C24H21N3O3/c1-17-3-2-4-19(15-17)24(29)27-21-9-11-22(12-10-21)30-16-23(28)26-20-7-5-18(6-8-20)13-14-25/h2-12,15H,13,16H2,1H3,(H,26,28)(H,27,29). The van der Waals surface area contributed by atoms with Gasteiger partial charge in [0.05, 0.1) is 12.5 Å². The number of carbonyl (C=O) groups is 2. The predicted molar refractivity (Wildman–Crippen MR) is 115 cm³/mol. The van der Waals surface area contributed by atoms with Gasteiger partial charge >= 0.3 is 0 Å². The quantitative estimate of drug-likeness (QED) is 0.619. The van der Waals surface area contributed by atoms with Gasteiger partial charge in [-0.25, -0.2) is 0 Å². The van der Waals surface area contributed by atoms with Crippen molar-refractivity contribution in [2.45, 2.75) is 13.3 Å². The lowest BCUT2D eigenvalue weighted by Gasteiger charge is -2.09. The van der Waals surface area contributed by atoms with E-state index in [1.54, 1.807) is 54.6 Å². The first-order valence-corrected chi connectivity index (χ1v) is 9.40. The zero-order chi connectivity index (χ0) is 21.3. The van der Waals surface area contributed by atoms with Crippen molar-refractivity contribution >= 4 is 23.2 Å². The van der Waals surface area contributed by atoms with Crippen LogP contribution < -0.4 is 15.4 Å². The summed E-state index contributed by atoms with van der Waals surface area (Å²) >= 11 is 0. The number of rotatable bonds is 7. The Hall–Kier alpha value is -4.11. The summed E-state index contributed by atoms with van der Waals surface area (Å²) in [6, 6.07) is 23.3. The van der Waals surface area contributed by atoms with E-state index < -0.39 is 0 Å². The molecule has 0 unspecified atom stereocenters. The molecule has 2 N–H and O–H groups in total. The molecule has 6 nitrogen and oxygen atoms in total. The number of anilines is 2. The number of nitriles is 1. The van der Waals surface area contributed by atoms with Crippen LogP contribution in [0.5, 0.6) is 5.75 Å². The largest absolute Gasteiger partial charge is 0.484 e. The minimum atomic E-state index is -0.292. The topological polar surface area (TPSA) is 91.2 Å². The zero-order valence-corrected chi connectivity index (χ0v) is 16.5. The Bertz CT molecular complexity index is 1070. The number of aryl methyl sites for hydroxylation is 1. The fourth-order valence-corrected chi connectivity index (χ4v) is 2.77. The highest BCUT2D eigenvalue weighted by Gasteiger charge is 2.07. The van der Waals surface area contributed by atoms with Crippen LogP contribution in [-0.2, 0) is 11.2 Å². The Labute approximate surface area is 175 Å². The molecule has 3 aromatic rings. The summed E-state index contributed by atoms with van der Waals surface area (Å²) in [6.07, 6.45) is 0.332. The van der Waals surface area contributed by atoms with Gasteiger partial charge in [-0.2, -0.15) is 5.26 Å². The van der Waals surface area contributed by atoms with Gasteiger partial charge in [-0.15, -0.1) is 0 Å². The van der Waals surface area contributed by atoms with Crippen molar-refractivity contribution in [2.24, 2.45) is 0 Å². The number of hydrogen-bond donors (Lipinski definition) is 2. The van der Waals surface area contributed by atoms with E-state index in [4.69, 9.17) is 10.00 Å². The average Bonchev–Trinajstić information content (AvgIpc) is 2.75. The normalized spacial score (nSPS) is 10.0. The molecule has 0 spiro atoms. The molecule has 6 heteroatoms. The number of nitrogens with one attached hydrogen (secondary N) is 2. The Morgan fingerprint density at radius 1 is 0.933 bits per heavy atom. The van der Waals surface area contributed by atoms with E-state index >= 15 is 0 Å². The maximum atomic E-state index is 12.3. The molecule has 2 amide bonds. The van der Waals surface area contributed by atoms with E-state index in [0.29, 0.717) is 29.1 Å². The predicted octanol–water partition coefficient (Wildman–Crippen LogP) is 4.33. The second-order valence-electron chi connectivity index (χ2n) is 6.72. The molecule has 30 heavy (non-hydrogen) atoms. The molecule has 0 aromatic heterocycles. The van der Waals surface area contributed by atoms with E-state index in [-0.39, 0.29) is 18.4 Å². The summed E-state index contributed by atoms with van der Waals surface area (Å²) < 4.78 is 5.49. The van der Waals surface area contributed by atoms with Gasteiger partial charge < -0.3 is 15.4 Å². The lowest BCUT2D eigenvalue weighted by atomic mass is 10.1. The Kier molecular flexibility index (Phi) is 6.80. The van der Waals surface area contributed by atoms with E-state index in [2.05, 4.69) is 16.7 Å². The smallest absolute Gasteiger partial charge is 0.262 e.